The summed E-state index contributed by atoms with van der Waals surface area (Å²) in [4.78, 5) is 19.8. The number of amides is 1. The molecule has 2 aromatic heterocycles. The van der Waals surface area contributed by atoms with Crippen LogP contribution in [0.25, 0.3) is 5.65 Å². The van der Waals surface area contributed by atoms with Gasteiger partial charge in [0.2, 0.25) is 0 Å². The van der Waals surface area contributed by atoms with Crippen molar-refractivity contribution in [2.45, 2.75) is 34.6 Å². The molecule has 26 heavy (non-hydrogen) atoms. The van der Waals surface area contributed by atoms with Crippen molar-refractivity contribution in [3.63, 3.8) is 0 Å². The van der Waals surface area contributed by atoms with E-state index in [1.165, 1.54) is 5.69 Å². The van der Waals surface area contributed by atoms with Crippen molar-refractivity contribution in [2.75, 3.05) is 23.3 Å². The van der Waals surface area contributed by atoms with Crippen LogP contribution in [0.3, 0.4) is 0 Å². The van der Waals surface area contributed by atoms with Crippen molar-refractivity contribution < 1.29 is 4.79 Å². The van der Waals surface area contributed by atoms with Gasteiger partial charge in [-0.1, -0.05) is 6.07 Å². The summed E-state index contributed by atoms with van der Waals surface area (Å²) >= 11 is 0. The maximum Gasteiger partial charge on any atom is 0.274 e. The smallest absolute Gasteiger partial charge is 0.274 e. The molecule has 0 radical (unpaired) electrons. The van der Waals surface area contributed by atoms with Crippen molar-refractivity contribution >= 4 is 22.9 Å². The highest BCUT2D eigenvalue weighted by molar-refractivity contribution is 6.05. The van der Waals surface area contributed by atoms with E-state index >= 15 is 0 Å². The quantitative estimate of drug-likeness (QED) is 0.744. The molecule has 0 spiro atoms. The minimum atomic E-state index is -0.140. The van der Waals surface area contributed by atoms with Crippen LogP contribution in [0.15, 0.2) is 36.5 Å². The zero-order valence-electron chi connectivity index (χ0n) is 16.1. The number of hydrogen-bond donors (Lipinski definition) is 1. The van der Waals surface area contributed by atoms with Crippen LogP contribution in [0.4, 0.5) is 11.4 Å². The van der Waals surface area contributed by atoms with Gasteiger partial charge in [-0.2, -0.15) is 0 Å². The fraction of sp³-hybridized carbons (Fsp3) is 0.333. The van der Waals surface area contributed by atoms with Crippen LogP contribution in [-0.2, 0) is 0 Å². The van der Waals surface area contributed by atoms with E-state index in [0.717, 1.165) is 41.2 Å². The van der Waals surface area contributed by atoms with Gasteiger partial charge in [0.15, 0.2) is 0 Å². The first-order valence-electron chi connectivity index (χ1n) is 9.07. The molecule has 0 aliphatic heterocycles. The summed E-state index contributed by atoms with van der Waals surface area (Å²) in [6, 6.07) is 10.1. The molecule has 3 rings (SSSR count). The Morgan fingerprint density at radius 3 is 2.50 bits per heavy atom. The number of benzene rings is 1. The van der Waals surface area contributed by atoms with Crippen molar-refractivity contribution in [3.05, 3.63) is 59.0 Å². The van der Waals surface area contributed by atoms with E-state index < -0.39 is 0 Å². The van der Waals surface area contributed by atoms with Crippen LogP contribution in [0.2, 0.25) is 0 Å². The normalized spacial score (nSPS) is 11.0. The molecule has 0 fully saturated rings. The lowest BCUT2D eigenvalue weighted by Gasteiger charge is -2.22. The molecule has 0 bridgehead atoms. The summed E-state index contributed by atoms with van der Waals surface area (Å²) in [5.41, 5.74) is 6.23. The average Bonchev–Trinajstić information content (AvgIpc) is 2.96. The van der Waals surface area contributed by atoms with Crippen LogP contribution in [-0.4, -0.2) is 28.4 Å². The number of rotatable bonds is 5. The molecule has 1 N–H and O–H groups in total. The minimum absolute atomic E-state index is 0.140. The molecule has 0 unspecified atom stereocenters. The predicted molar refractivity (Wildman–Crippen MR) is 107 cm³/mol. The number of carbonyl (C=O) groups excluding carboxylic acids is 1. The van der Waals surface area contributed by atoms with Gasteiger partial charge < -0.3 is 10.2 Å². The first-order chi connectivity index (χ1) is 12.5. The number of pyridine rings is 1. The Kier molecular flexibility index (Phi) is 4.98. The van der Waals surface area contributed by atoms with Crippen molar-refractivity contribution in [1.82, 2.24) is 9.38 Å². The SMILES string of the molecule is CCN(CC)c1ccc(NC(=O)c2c(C)nc3c(C)cccn23)c(C)c1. The van der Waals surface area contributed by atoms with E-state index in [1.54, 1.807) is 0 Å². The maximum absolute atomic E-state index is 12.9. The third-order valence-corrected chi connectivity index (χ3v) is 4.82. The van der Waals surface area contributed by atoms with Gasteiger partial charge in [0, 0.05) is 30.7 Å². The molecule has 2 heterocycles. The third-order valence-electron chi connectivity index (χ3n) is 4.82. The summed E-state index contributed by atoms with van der Waals surface area (Å²) in [5, 5.41) is 3.05. The lowest BCUT2D eigenvalue weighted by atomic mass is 10.1. The van der Waals surface area contributed by atoms with Gasteiger partial charge in [-0.25, -0.2) is 4.98 Å². The topological polar surface area (TPSA) is 49.6 Å². The van der Waals surface area contributed by atoms with Gasteiger partial charge in [0.25, 0.3) is 5.91 Å². The molecule has 0 aliphatic carbocycles. The zero-order valence-corrected chi connectivity index (χ0v) is 16.1. The summed E-state index contributed by atoms with van der Waals surface area (Å²) < 4.78 is 1.86. The van der Waals surface area contributed by atoms with Crippen LogP contribution >= 0.6 is 0 Å². The number of fused-ring (bicyclic) bond motifs is 1. The van der Waals surface area contributed by atoms with Gasteiger partial charge in [-0.15, -0.1) is 0 Å². The molecule has 0 atom stereocenters. The standard InChI is InChI=1S/C21H26N4O/c1-6-24(7-2)17-10-11-18(15(4)13-17)23-21(26)19-16(5)22-20-14(3)9-8-12-25(19)20/h8-13H,6-7H2,1-5H3,(H,23,26). The number of aromatic nitrogens is 2. The highest BCUT2D eigenvalue weighted by Crippen LogP contribution is 2.24. The largest absolute Gasteiger partial charge is 0.372 e. The Balaban J connectivity index is 1.92. The van der Waals surface area contributed by atoms with Crippen LogP contribution in [0.5, 0.6) is 0 Å². The van der Waals surface area contributed by atoms with Gasteiger partial charge in [0.1, 0.15) is 11.3 Å². The van der Waals surface area contributed by atoms with E-state index in [4.69, 9.17) is 0 Å². The first kappa shape index (κ1) is 18.0. The maximum atomic E-state index is 12.9. The first-order valence-corrected chi connectivity index (χ1v) is 9.07. The van der Waals surface area contributed by atoms with Gasteiger partial charge >= 0.3 is 0 Å². The summed E-state index contributed by atoms with van der Waals surface area (Å²) in [6.45, 7) is 12.1. The van der Waals surface area contributed by atoms with Crippen LogP contribution in [0.1, 0.15) is 41.2 Å². The third kappa shape index (κ3) is 3.17. The van der Waals surface area contributed by atoms with Crippen LogP contribution in [0, 0.1) is 20.8 Å². The van der Waals surface area contributed by atoms with E-state index in [2.05, 4.69) is 41.2 Å². The van der Waals surface area contributed by atoms with Crippen molar-refractivity contribution in [3.8, 4) is 0 Å². The van der Waals surface area contributed by atoms with Gasteiger partial charge in [-0.3, -0.25) is 9.20 Å². The number of nitrogens with one attached hydrogen (secondary N) is 1. The van der Waals surface area contributed by atoms with E-state index in [0.29, 0.717) is 5.69 Å². The Bertz CT molecular complexity index is 954. The number of hydrogen-bond acceptors (Lipinski definition) is 3. The summed E-state index contributed by atoms with van der Waals surface area (Å²) in [5.74, 6) is -0.140. The second kappa shape index (κ2) is 7.20. The van der Waals surface area contributed by atoms with Gasteiger partial charge in [-0.05, 0) is 70.0 Å². The Morgan fingerprint density at radius 1 is 1.12 bits per heavy atom. The Morgan fingerprint density at radius 2 is 1.85 bits per heavy atom. The molecular weight excluding hydrogens is 324 g/mol. The van der Waals surface area contributed by atoms with Crippen molar-refractivity contribution in [1.29, 1.82) is 0 Å². The average molecular weight is 350 g/mol. The Labute approximate surface area is 154 Å². The van der Waals surface area contributed by atoms with Crippen molar-refractivity contribution in [2.24, 2.45) is 0 Å². The molecular formula is C21H26N4O. The zero-order chi connectivity index (χ0) is 18.8. The molecule has 0 aliphatic rings. The summed E-state index contributed by atoms with van der Waals surface area (Å²) in [6.07, 6.45) is 1.88. The number of nitrogens with zero attached hydrogens (tertiary/aromatic N) is 3. The predicted octanol–water partition coefficient (Wildman–Crippen LogP) is 4.36. The number of aryl methyl sites for hydroxylation is 3. The number of anilines is 2. The van der Waals surface area contributed by atoms with Crippen LogP contribution < -0.4 is 10.2 Å². The minimum Gasteiger partial charge on any atom is -0.372 e. The fourth-order valence-electron chi connectivity index (χ4n) is 3.35. The highest BCUT2D eigenvalue weighted by Gasteiger charge is 2.18. The monoisotopic (exact) mass is 350 g/mol. The van der Waals surface area contributed by atoms with E-state index in [9.17, 15) is 4.79 Å². The molecule has 136 valence electrons. The lowest BCUT2D eigenvalue weighted by molar-refractivity contribution is 0.102. The summed E-state index contributed by atoms with van der Waals surface area (Å²) in [7, 11) is 0. The second-order valence-corrected chi connectivity index (χ2v) is 6.56. The Hall–Kier alpha value is -2.82. The fourth-order valence-corrected chi connectivity index (χ4v) is 3.35. The van der Waals surface area contributed by atoms with E-state index in [-0.39, 0.29) is 5.91 Å². The molecule has 3 aromatic rings. The molecule has 5 nitrogen and oxygen atoms in total. The van der Waals surface area contributed by atoms with Gasteiger partial charge in [0.05, 0.1) is 5.69 Å². The van der Waals surface area contributed by atoms with E-state index in [1.807, 2.05) is 49.6 Å². The molecule has 5 heteroatoms. The second-order valence-electron chi connectivity index (χ2n) is 6.56. The molecule has 0 saturated carbocycles. The molecule has 1 aromatic carbocycles. The number of imidazole rings is 1. The highest BCUT2D eigenvalue weighted by atomic mass is 16.2. The lowest BCUT2D eigenvalue weighted by Crippen LogP contribution is -2.22. The number of carbonyl (C=O) groups is 1. The molecule has 0 saturated heterocycles. The molecule has 1 amide bonds.